The zero-order valence-electron chi connectivity index (χ0n) is 7.51. The van der Waals surface area contributed by atoms with Gasteiger partial charge in [-0.15, -0.1) is 0 Å². The quantitative estimate of drug-likeness (QED) is 0.598. The summed E-state index contributed by atoms with van der Waals surface area (Å²) < 4.78 is 0. The van der Waals surface area contributed by atoms with Crippen LogP contribution in [0.5, 0.6) is 0 Å². The molecule has 0 aromatic carbocycles. The molecule has 0 saturated heterocycles. The van der Waals surface area contributed by atoms with E-state index < -0.39 is 5.54 Å². The summed E-state index contributed by atoms with van der Waals surface area (Å²) in [6, 6.07) is -0.191. The van der Waals surface area contributed by atoms with Crippen LogP contribution in [0.3, 0.4) is 0 Å². The number of aliphatic hydroxyl groups excluding tert-OH is 1. The Bertz CT molecular complexity index is 143. The number of hydrogen-bond acceptors (Lipinski definition) is 2. The average molecular weight is 160 g/mol. The van der Waals surface area contributed by atoms with E-state index >= 15 is 0 Å². The van der Waals surface area contributed by atoms with Crippen LogP contribution in [0, 0.1) is 0 Å². The fourth-order valence-corrected chi connectivity index (χ4v) is 0.441. The topological polar surface area (TPSA) is 52.6 Å². The van der Waals surface area contributed by atoms with E-state index in [0.29, 0.717) is 0 Å². The molecule has 0 aliphatic heterocycles. The second-order valence-corrected chi connectivity index (χ2v) is 3.37. The second kappa shape index (κ2) is 3.57. The zero-order chi connectivity index (χ0) is 9.07. The molecule has 2 amide bonds. The van der Waals surface area contributed by atoms with Crippen molar-refractivity contribution in [3.63, 3.8) is 0 Å². The van der Waals surface area contributed by atoms with Crippen molar-refractivity contribution in [2.45, 2.75) is 19.4 Å². The number of carbonyl (C=O) groups is 1. The van der Waals surface area contributed by atoms with Crippen LogP contribution >= 0.6 is 0 Å². The molecule has 0 unspecified atom stereocenters. The Kier molecular flexibility index (Phi) is 3.32. The first-order chi connectivity index (χ1) is 4.89. The molecular formula is C7H16N2O2. The summed E-state index contributed by atoms with van der Waals surface area (Å²) in [7, 11) is 3.31. The van der Waals surface area contributed by atoms with Gasteiger partial charge in [0.25, 0.3) is 0 Å². The molecule has 0 fully saturated rings. The number of urea groups is 1. The molecule has 0 heterocycles. The lowest BCUT2D eigenvalue weighted by Crippen LogP contribution is -2.50. The second-order valence-electron chi connectivity index (χ2n) is 3.37. The zero-order valence-corrected chi connectivity index (χ0v) is 7.51. The first-order valence-corrected chi connectivity index (χ1v) is 3.49. The highest BCUT2D eigenvalue weighted by Crippen LogP contribution is 1.99. The summed E-state index contributed by atoms with van der Waals surface area (Å²) >= 11 is 0. The number of nitrogens with zero attached hydrogens (tertiary/aromatic N) is 1. The monoisotopic (exact) mass is 160 g/mol. The Morgan fingerprint density at radius 3 is 2.27 bits per heavy atom. The maximum atomic E-state index is 11.0. The normalized spacial score (nSPS) is 11.0. The number of rotatable bonds is 2. The van der Waals surface area contributed by atoms with Gasteiger partial charge in [0.2, 0.25) is 0 Å². The molecule has 0 aliphatic rings. The summed E-state index contributed by atoms with van der Waals surface area (Å²) in [5, 5.41) is 11.4. The molecule has 66 valence electrons. The van der Waals surface area contributed by atoms with E-state index in [0.717, 1.165) is 0 Å². The number of nitrogens with one attached hydrogen (secondary N) is 1. The smallest absolute Gasteiger partial charge is 0.317 e. The average Bonchev–Trinajstić information content (AvgIpc) is 1.87. The van der Waals surface area contributed by atoms with Gasteiger partial charge in [-0.25, -0.2) is 4.79 Å². The van der Waals surface area contributed by atoms with Crippen molar-refractivity contribution in [2.24, 2.45) is 0 Å². The molecule has 0 saturated carbocycles. The number of aliphatic hydroxyl groups is 1. The maximum absolute atomic E-state index is 11.0. The highest BCUT2D eigenvalue weighted by Gasteiger charge is 2.19. The lowest BCUT2D eigenvalue weighted by molar-refractivity contribution is 0.169. The van der Waals surface area contributed by atoms with E-state index in [2.05, 4.69) is 5.32 Å². The fourth-order valence-electron chi connectivity index (χ4n) is 0.441. The van der Waals surface area contributed by atoms with Gasteiger partial charge >= 0.3 is 6.03 Å². The summed E-state index contributed by atoms with van der Waals surface area (Å²) in [5.74, 6) is 0. The van der Waals surface area contributed by atoms with E-state index in [1.807, 2.05) is 0 Å². The van der Waals surface area contributed by atoms with Crippen LogP contribution in [0.4, 0.5) is 4.79 Å². The Labute approximate surface area is 67.2 Å². The summed E-state index contributed by atoms with van der Waals surface area (Å²) in [5.41, 5.74) is -0.540. The van der Waals surface area contributed by atoms with E-state index in [9.17, 15) is 4.79 Å². The Hall–Kier alpha value is -0.770. The Morgan fingerprint density at radius 1 is 1.55 bits per heavy atom. The van der Waals surface area contributed by atoms with Crippen LogP contribution in [0.2, 0.25) is 0 Å². The predicted molar refractivity (Wildman–Crippen MR) is 43.4 cm³/mol. The number of hydrogen-bond donors (Lipinski definition) is 2. The highest BCUT2D eigenvalue weighted by atomic mass is 16.3. The third kappa shape index (κ3) is 3.83. The van der Waals surface area contributed by atoms with Gasteiger partial charge in [-0.3, -0.25) is 0 Å². The van der Waals surface area contributed by atoms with Gasteiger partial charge in [-0.05, 0) is 13.8 Å². The minimum Gasteiger partial charge on any atom is -0.394 e. The molecule has 0 atom stereocenters. The van der Waals surface area contributed by atoms with Crippen LogP contribution in [0.15, 0.2) is 0 Å². The molecule has 0 radical (unpaired) electrons. The lowest BCUT2D eigenvalue weighted by atomic mass is 10.1. The van der Waals surface area contributed by atoms with Crippen LogP contribution < -0.4 is 5.32 Å². The SMILES string of the molecule is CN(C)C(=O)NC(C)(C)CO. The van der Waals surface area contributed by atoms with Gasteiger partial charge in [0.15, 0.2) is 0 Å². The van der Waals surface area contributed by atoms with Crippen molar-refractivity contribution in [1.29, 1.82) is 0 Å². The van der Waals surface area contributed by atoms with Crippen molar-refractivity contribution in [3.8, 4) is 0 Å². The van der Waals surface area contributed by atoms with Crippen molar-refractivity contribution in [2.75, 3.05) is 20.7 Å². The van der Waals surface area contributed by atoms with Gasteiger partial charge in [-0.2, -0.15) is 0 Å². The fraction of sp³-hybridized carbons (Fsp3) is 0.857. The lowest BCUT2D eigenvalue weighted by Gasteiger charge is -2.25. The van der Waals surface area contributed by atoms with Crippen molar-refractivity contribution < 1.29 is 9.90 Å². The van der Waals surface area contributed by atoms with Gasteiger partial charge in [0, 0.05) is 14.1 Å². The standard InChI is InChI=1S/C7H16N2O2/c1-7(2,5-10)8-6(11)9(3)4/h10H,5H2,1-4H3,(H,8,11). The molecule has 0 aliphatic carbocycles. The van der Waals surface area contributed by atoms with E-state index in [1.165, 1.54) is 4.90 Å². The summed E-state index contributed by atoms with van der Waals surface area (Å²) in [6.45, 7) is 3.45. The van der Waals surface area contributed by atoms with Crippen molar-refractivity contribution in [1.82, 2.24) is 10.2 Å². The van der Waals surface area contributed by atoms with Gasteiger partial charge in [0.1, 0.15) is 0 Å². The Morgan fingerprint density at radius 2 is 2.00 bits per heavy atom. The van der Waals surface area contributed by atoms with Crippen LogP contribution in [0.25, 0.3) is 0 Å². The van der Waals surface area contributed by atoms with Gasteiger partial charge in [0.05, 0.1) is 12.1 Å². The minimum absolute atomic E-state index is 0.0629. The van der Waals surface area contributed by atoms with Crippen LogP contribution in [-0.2, 0) is 0 Å². The Balaban J connectivity index is 3.94. The van der Waals surface area contributed by atoms with Gasteiger partial charge in [-0.1, -0.05) is 0 Å². The van der Waals surface area contributed by atoms with Gasteiger partial charge < -0.3 is 15.3 Å². The third-order valence-corrected chi connectivity index (χ3v) is 1.25. The van der Waals surface area contributed by atoms with E-state index in [1.54, 1.807) is 27.9 Å². The molecule has 0 spiro atoms. The molecule has 0 rings (SSSR count). The summed E-state index contributed by atoms with van der Waals surface area (Å²) in [6.07, 6.45) is 0. The van der Waals surface area contributed by atoms with E-state index in [4.69, 9.17) is 5.11 Å². The molecule has 11 heavy (non-hydrogen) atoms. The van der Waals surface area contributed by atoms with Crippen molar-refractivity contribution in [3.05, 3.63) is 0 Å². The molecule has 0 aromatic heterocycles. The predicted octanol–water partition coefficient (Wildman–Crippen LogP) is 0.0285. The number of amides is 2. The van der Waals surface area contributed by atoms with E-state index in [-0.39, 0.29) is 12.6 Å². The maximum Gasteiger partial charge on any atom is 0.317 e. The molecule has 4 heteroatoms. The minimum atomic E-state index is -0.540. The van der Waals surface area contributed by atoms with Crippen LogP contribution in [-0.4, -0.2) is 42.3 Å². The van der Waals surface area contributed by atoms with Crippen LogP contribution in [0.1, 0.15) is 13.8 Å². The number of carbonyl (C=O) groups excluding carboxylic acids is 1. The molecular weight excluding hydrogens is 144 g/mol. The molecule has 2 N–H and O–H groups in total. The molecule has 0 aromatic rings. The van der Waals surface area contributed by atoms with Crippen molar-refractivity contribution >= 4 is 6.03 Å². The largest absolute Gasteiger partial charge is 0.394 e. The first-order valence-electron chi connectivity index (χ1n) is 3.49. The molecule has 4 nitrogen and oxygen atoms in total. The molecule has 0 bridgehead atoms. The first kappa shape index (κ1) is 10.2. The highest BCUT2D eigenvalue weighted by molar-refractivity contribution is 5.74. The summed E-state index contributed by atoms with van der Waals surface area (Å²) in [4.78, 5) is 12.4. The third-order valence-electron chi connectivity index (χ3n) is 1.25.